The van der Waals surface area contributed by atoms with Crippen molar-refractivity contribution in [2.45, 2.75) is 44.3 Å². The van der Waals surface area contributed by atoms with Gasteiger partial charge >= 0.3 is 6.18 Å². The van der Waals surface area contributed by atoms with Crippen molar-refractivity contribution < 1.29 is 18.0 Å². The van der Waals surface area contributed by atoms with E-state index in [1.807, 2.05) is 0 Å². The van der Waals surface area contributed by atoms with Crippen molar-refractivity contribution in [2.75, 3.05) is 6.54 Å². The minimum absolute atomic E-state index is 0.133. The van der Waals surface area contributed by atoms with Crippen molar-refractivity contribution in [2.24, 2.45) is 0 Å². The van der Waals surface area contributed by atoms with Gasteiger partial charge in [-0.25, -0.2) is 0 Å². The average Bonchev–Trinajstić information content (AvgIpc) is 3.16. The molecule has 1 aliphatic carbocycles. The van der Waals surface area contributed by atoms with Gasteiger partial charge in [-0.3, -0.25) is 9.48 Å². The minimum atomic E-state index is -4.43. The summed E-state index contributed by atoms with van der Waals surface area (Å²) in [5.74, 6) is 0.0381. The molecule has 1 N–H and O–H groups in total. The summed E-state index contributed by atoms with van der Waals surface area (Å²) in [4.78, 5) is 11.4. The van der Waals surface area contributed by atoms with Gasteiger partial charge in [-0.2, -0.15) is 18.3 Å². The van der Waals surface area contributed by atoms with Gasteiger partial charge in [-0.1, -0.05) is 6.08 Å². The standard InChI is InChI=1S/C14H18F3N3O/c1-2-3-4-13(21)18-7-8-20-11(10-5-6-10)9-12(19-20)14(15,16)17/h2,9-10H,1,3-8H2,(H,18,21). The van der Waals surface area contributed by atoms with Gasteiger partial charge in [0.2, 0.25) is 5.91 Å². The number of nitrogens with zero attached hydrogens (tertiary/aromatic N) is 2. The third-order valence-corrected chi connectivity index (χ3v) is 3.32. The maximum atomic E-state index is 12.7. The van der Waals surface area contributed by atoms with E-state index in [0.717, 1.165) is 18.9 Å². The topological polar surface area (TPSA) is 46.9 Å². The molecule has 116 valence electrons. The lowest BCUT2D eigenvalue weighted by atomic mass is 10.2. The van der Waals surface area contributed by atoms with Gasteiger partial charge in [0.15, 0.2) is 5.69 Å². The second-order valence-corrected chi connectivity index (χ2v) is 5.13. The lowest BCUT2D eigenvalue weighted by Crippen LogP contribution is -2.27. The van der Waals surface area contributed by atoms with Gasteiger partial charge in [0.05, 0.1) is 6.54 Å². The Morgan fingerprint density at radius 1 is 1.52 bits per heavy atom. The first-order valence-corrected chi connectivity index (χ1v) is 6.94. The average molecular weight is 301 g/mol. The Kier molecular flexibility index (Phi) is 4.69. The number of halogens is 3. The van der Waals surface area contributed by atoms with Crippen LogP contribution < -0.4 is 5.32 Å². The number of aromatic nitrogens is 2. The predicted octanol–water partition coefficient (Wildman–Crippen LogP) is 2.86. The fraction of sp³-hybridized carbons (Fsp3) is 0.571. The molecule has 0 spiro atoms. The molecule has 0 aliphatic heterocycles. The number of hydrogen-bond donors (Lipinski definition) is 1. The van der Waals surface area contributed by atoms with E-state index in [9.17, 15) is 18.0 Å². The van der Waals surface area contributed by atoms with Crippen LogP contribution in [0.4, 0.5) is 13.2 Å². The maximum Gasteiger partial charge on any atom is 0.435 e. The first-order chi connectivity index (χ1) is 9.91. The number of carbonyl (C=O) groups is 1. The molecule has 0 atom stereocenters. The van der Waals surface area contributed by atoms with E-state index in [4.69, 9.17) is 0 Å². The molecule has 0 bridgehead atoms. The smallest absolute Gasteiger partial charge is 0.354 e. The van der Waals surface area contributed by atoms with Crippen molar-refractivity contribution in [3.05, 3.63) is 30.1 Å². The van der Waals surface area contributed by atoms with Crippen LogP contribution >= 0.6 is 0 Å². The number of amides is 1. The van der Waals surface area contributed by atoms with Crippen molar-refractivity contribution in [3.63, 3.8) is 0 Å². The van der Waals surface area contributed by atoms with Gasteiger partial charge in [0.1, 0.15) is 0 Å². The van der Waals surface area contributed by atoms with E-state index in [0.29, 0.717) is 18.5 Å². The lowest BCUT2D eigenvalue weighted by Gasteiger charge is -2.08. The molecule has 0 radical (unpaired) electrons. The molecule has 1 amide bonds. The summed E-state index contributed by atoms with van der Waals surface area (Å²) in [5, 5.41) is 6.30. The highest BCUT2D eigenvalue weighted by molar-refractivity contribution is 5.75. The predicted molar refractivity (Wildman–Crippen MR) is 71.6 cm³/mol. The monoisotopic (exact) mass is 301 g/mol. The third kappa shape index (κ3) is 4.34. The highest BCUT2D eigenvalue weighted by Crippen LogP contribution is 2.41. The molecule has 1 aromatic rings. The van der Waals surface area contributed by atoms with Gasteiger partial charge in [0.25, 0.3) is 0 Å². The Labute approximate surface area is 121 Å². The van der Waals surface area contributed by atoms with Crippen LogP contribution in [-0.4, -0.2) is 22.2 Å². The SMILES string of the molecule is C=CCCC(=O)NCCn1nc(C(F)(F)F)cc1C1CC1. The highest BCUT2D eigenvalue weighted by Gasteiger charge is 2.37. The Hall–Kier alpha value is -1.79. The molecule has 1 fully saturated rings. The Morgan fingerprint density at radius 2 is 2.24 bits per heavy atom. The second kappa shape index (κ2) is 6.32. The van der Waals surface area contributed by atoms with Crippen LogP contribution in [-0.2, 0) is 17.5 Å². The second-order valence-electron chi connectivity index (χ2n) is 5.13. The number of allylic oxidation sites excluding steroid dienone is 1. The molecule has 0 aromatic carbocycles. The Balaban J connectivity index is 1.94. The van der Waals surface area contributed by atoms with Crippen molar-refractivity contribution in [1.29, 1.82) is 0 Å². The Bertz CT molecular complexity index is 518. The molecule has 1 aromatic heterocycles. The quantitative estimate of drug-likeness (QED) is 0.787. The molecule has 0 unspecified atom stereocenters. The van der Waals surface area contributed by atoms with Crippen LogP contribution in [0.15, 0.2) is 18.7 Å². The minimum Gasteiger partial charge on any atom is -0.354 e. The normalized spacial score (nSPS) is 15.0. The lowest BCUT2D eigenvalue weighted by molar-refractivity contribution is -0.141. The van der Waals surface area contributed by atoms with Crippen molar-refractivity contribution >= 4 is 5.91 Å². The molecule has 4 nitrogen and oxygen atoms in total. The molecule has 1 aliphatic rings. The number of alkyl halides is 3. The summed E-state index contributed by atoms with van der Waals surface area (Å²) in [6.45, 7) is 4.05. The zero-order chi connectivity index (χ0) is 15.5. The number of carbonyl (C=O) groups excluding carboxylic acids is 1. The molecule has 7 heteroatoms. The first-order valence-electron chi connectivity index (χ1n) is 6.94. The highest BCUT2D eigenvalue weighted by atomic mass is 19.4. The zero-order valence-corrected chi connectivity index (χ0v) is 11.6. The summed E-state index contributed by atoms with van der Waals surface area (Å²) in [7, 11) is 0. The van der Waals surface area contributed by atoms with E-state index in [2.05, 4.69) is 17.0 Å². The van der Waals surface area contributed by atoms with Crippen LogP contribution in [0.1, 0.15) is 43.0 Å². The molecular weight excluding hydrogens is 283 g/mol. The summed E-state index contributed by atoms with van der Waals surface area (Å²) in [5.41, 5.74) is -0.245. The van der Waals surface area contributed by atoms with Gasteiger partial charge < -0.3 is 5.32 Å². The maximum absolute atomic E-state index is 12.7. The number of nitrogens with one attached hydrogen (secondary N) is 1. The van der Waals surface area contributed by atoms with E-state index in [1.165, 1.54) is 4.68 Å². The van der Waals surface area contributed by atoms with Crippen molar-refractivity contribution in [1.82, 2.24) is 15.1 Å². The summed E-state index contributed by atoms with van der Waals surface area (Å²) >= 11 is 0. The van der Waals surface area contributed by atoms with Gasteiger partial charge in [-0.05, 0) is 25.3 Å². The van der Waals surface area contributed by atoms with Gasteiger partial charge in [0, 0.05) is 24.6 Å². The summed E-state index contributed by atoms with van der Waals surface area (Å²) < 4.78 is 39.5. The number of rotatable bonds is 7. The molecule has 1 saturated carbocycles. The fourth-order valence-electron chi connectivity index (χ4n) is 2.08. The van der Waals surface area contributed by atoms with Gasteiger partial charge in [-0.15, -0.1) is 6.58 Å². The van der Waals surface area contributed by atoms with E-state index < -0.39 is 11.9 Å². The van der Waals surface area contributed by atoms with Crippen LogP contribution in [0.25, 0.3) is 0 Å². The molecule has 2 rings (SSSR count). The van der Waals surface area contributed by atoms with Crippen LogP contribution in [0, 0.1) is 0 Å². The molecule has 1 heterocycles. The molecule has 21 heavy (non-hydrogen) atoms. The van der Waals surface area contributed by atoms with Crippen LogP contribution in [0.2, 0.25) is 0 Å². The first kappa shape index (κ1) is 15.6. The number of hydrogen-bond acceptors (Lipinski definition) is 2. The van der Waals surface area contributed by atoms with E-state index >= 15 is 0 Å². The third-order valence-electron chi connectivity index (χ3n) is 3.32. The van der Waals surface area contributed by atoms with E-state index in [-0.39, 0.29) is 24.9 Å². The van der Waals surface area contributed by atoms with Crippen molar-refractivity contribution in [3.8, 4) is 0 Å². The Morgan fingerprint density at radius 3 is 2.81 bits per heavy atom. The fourth-order valence-corrected chi connectivity index (χ4v) is 2.08. The zero-order valence-electron chi connectivity index (χ0n) is 11.6. The summed E-state index contributed by atoms with van der Waals surface area (Å²) in [6, 6.07) is 1.12. The van der Waals surface area contributed by atoms with Crippen LogP contribution in [0.5, 0.6) is 0 Å². The molecule has 0 saturated heterocycles. The van der Waals surface area contributed by atoms with E-state index in [1.54, 1.807) is 6.08 Å². The molecular formula is C14H18F3N3O. The summed E-state index contributed by atoms with van der Waals surface area (Å²) in [6.07, 6.45) is -0.0651. The largest absolute Gasteiger partial charge is 0.435 e. The van der Waals surface area contributed by atoms with Crippen LogP contribution in [0.3, 0.4) is 0 Å².